The van der Waals surface area contributed by atoms with Crippen LogP contribution in [0.5, 0.6) is 0 Å². The molecule has 0 saturated heterocycles. The van der Waals surface area contributed by atoms with Crippen molar-refractivity contribution in [3.8, 4) is 17.3 Å². The molecule has 1 N–H and O–H groups in total. The van der Waals surface area contributed by atoms with Crippen LogP contribution in [0.25, 0.3) is 11.3 Å². The summed E-state index contributed by atoms with van der Waals surface area (Å²) in [4.78, 5) is 11.3. The Morgan fingerprint density at radius 3 is 2.83 bits per heavy atom. The lowest BCUT2D eigenvalue weighted by Gasteiger charge is -2.12. The summed E-state index contributed by atoms with van der Waals surface area (Å²) in [5.74, 6) is 0.253. The maximum atomic E-state index is 8.91. The molecule has 90 valence electrons. The van der Waals surface area contributed by atoms with Crippen molar-refractivity contribution in [2.24, 2.45) is 0 Å². The number of nitrogens with zero attached hydrogens (tertiary/aromatic N) is 3. The van der Waals surface area contributed by atoms with E-state index in [1.807, 2.05) is 0 Å². The monoisotopic (exact) mass is 256 g/mol. The van der Waals surface area contributed by atoms with Crippen LogP contribution in [0.2, 0.25) is 0 Å². The normalized spacial score (nSPS) is 10.3. The molecule has 5 heteroatoms. The first-order chi connectivity index (χ1) is 8.63. The molecule has 4 nitrogen and oxygen atoms in total. The Balaban J connectivity index is 2.68. The second kappa shape index (κ2) is 5.07. The maximum Gasteiger partial charge on any atom is 0.133 e. The molecule has 2 aromatic heterocycles. The zero-order chi connectivity index (χ0) is 13.1. The number of pyridine rings is 1. The van der Waals surface area contributed by atoms with Crippen molar-refractivity contribution in [2.75, 3.05) is 0 Å². The molecule has 0 aliphatic carbocycles. The van der Waals surface area contributed by atoms with Gasteiger partial charge in [-0.15, -0.1) is 0 Å². The van der Waals surface area contributed by atoms with E-state index in [9.17, 15) is 0 Å². The number of hydrogen-bond donors (Lipinski definition) is 1. The van der Waals surface area contributed by atoms with E-state index in [2.05, 4.69) is 34.9 Å². The molecule has 0 saturated carbocycles. The average Bonchev–Trinajstić information content (AvgIpc) is 2.38. The van der Waals surface area contributed by atoms with Crippen LogP contribution in [-0.4, -0.2) is 15.0 Å². The van der Waals surface area contributed by atoms with Crippen molar-refractivity contribution in [3.05, 3.63) is 40.6 Å². The number of aromatic amines is 1. The topological polar surface area (TPSA) is 65.4 Å². The zero-order valence-electron chi connectivity index (χ0n) is 10.1. The van der Waals surface area contributed by atoms with Crippen LogP contribution in [-0.2, 0) is 0 Å². The number of nitrogens with one attached hydrogen (secondary N) is 1. The quantitative estimate of drug-likeness (QED) is 0.838. The van der Waals surface area contributed by atoms with Gasteiger partial charge in [-0.3, -0.25) is 4.98 Å². The van der Waals surface area contributed by atoms with Crippen LogP contribution in [0.15, 0.2) is 24.8 Å². The number of nitriles is 1. The average molecular weight is 256 g/mol. The summed E-state index contributed by atoms with van der Waals surface area (Å²) < 4.78 is 0.584. The lowest BCUT2D eigenvalue weighted by Crippen LogP contribution is -1.99. The van der Waals surface area contributed by atoms with Gasteiger partial charge in [0.25, 0.3) is 0 Å². The Kier molecular flexibility index (Phi) is 3.49. The molecular formula is C13H12N4S. The first kappa shape index (κ1) is 12.4. The number of rotatable bonds is 2. The van der Waals surface area contributed by atoms with Crippen LogP contribution in [0, 0.1) is 16.0 Å². The van der Waals surface area contributed by atoms with Crippen molar-refractivity contribution in [1.82, 2.24) is 15.0 Å². The number of H-pyrrole nitrogens is 1. The van der Waals surface area contributed by atoms with Crippen molar-refractivity contribution in [3.63, 3.8) is 0 Å². The fraction of sp³-hybridized carbons (Fsp3) is 0.231. The Hall–Kier alpha value is -2.06. The number of aromatic nitrogens is 3. The molecule has 0 atom stereocenters. The van der Waals surface area contributed by atoms with Gasteiger partial charge in [0.15, 0.2) is 0 Å². The highest BCUT2D eigenvalue weighted by atomic mass is 32.1. The molecule has 2 heterocycles. The molecule has 0 aromatic carbocycles. The van der Waals surface area contributed by atoms with Gasteiger partial charge in [0.2, 0.25) is 0 Å². The lowest BCUT2D eigenvalue weighted by molar-refractivity contribution is 0.843. The van der Waals surface area contributed by atoms with E-state index in [0.717, 1.165) is 16.8 Å². The van der Waals surface area contributed by atoms with Crippen molar-refractivity contribution in [2.45, 2.75) is 19.8 Å². The van der Waals surface area contributed by atoms with Crippen molar-refractivity contribution >= 4 is 12.2 Å². The smallest absolute Gasteiger partial charge is 0.133 e. The van der Waals surface area contributed by atoms with E-state index in [-0.39, 0.29) is 5.92 Å². The first-order valence-electron chi connectivity index (χ1n) is 5.56. The third-order valence-electron chi connectivity index (χ3n) is 2.62. The van der Waals surface area contributed by atoms with Gasteiger partial charge in [0.05, 0.1) is 17.6 Å². The van der Waals surface area contributed by atoms with E-state index in [4.69, 9.17) is 17.5 Å². The molecule has 18 heavy (non-hydrogen) atoms. The third-order valence-corrected chi connectivity index (χ3v) is 2.95. The molecule has 0 fully saturated rings. The molecule has 0 unspecified atom stereocenters. The van der Waals surface area contributed by atoms with Gasteiger partial charge in [-0.2, -0.15) is 5.26 Å². The van der Waals surface area contributed by atoms with Crippen molar-refractivity contribution in [1.29, 1.82) is 5.26 Å². The summed E-state index contributed by atoms with van der Waals surface area (Å²) in [6.07, 6.45) is 4.82. The molecule has 0 aliphatic heterocycles. The van der Waals surface area contributed by atoms with E-state index in [1.165, 1.54) is 6.20 Å². The van der Waals surface area contributed by atoms with Gasteiger partial charge in [-0.25, -0.2) is 4.98 Å². The molecule has 0 bridgehead atoms. The number of hydrogen-bond acceptors (Lipinski definition) is 4. The van der Waals surface area contributed by atoms with E-state index >= 15 is 0 Å². The molecule has 0 spiro atoms. The summed E-state index contributed by atoms with van der Waals surface area (Å²) >= 11 is 5.26. The third kappa shape index (κ3) is 2.29. The summed E-state index contributed by atoms with van der Waals surface area (Å²) in [6.45, 7) is 4.12. The molecule has 0 radical (unpaired) electrons. The minimum Gasteiger partial charge on any atom is -0.345 e. The van der Waals surface area contributed by atoms with E-state index in [0.29, 0.717) is 10.2 Å². The second-order valence-electron chi connectivity index (χ2n) is 4.23. The highest BCUT2D eigenvalue weighted by Gasteiger charge is 2.12. The van der Waals surface area contributed by atoms with Crippen LogP contribution in [0.4, 0.5) is 0 Å². The predicted octanol–water partition coefficient (Wildman–Crippen LogP) is 3.20. The summed E-state index contributed by atoms with van der Waals surface area (Å²) in [5, 5.41) is 8.91. The molecule has 0 amide bonds. The van der Waals surface area contributed by atoms with Gasteiger partial charge >= 0.3 is 0 Å². The molecule has 2 aromatic rings. The highest BCUT2D eigenvalue weighted by Crippen LogP contribution is 2.27. The second-order valence-corrected chi connectivity index (χ2v) is 4.61. The Morgan fingerprint density at radius 1 is 1.39 bits per heavy atom. The lowest BCUT2D eigenvalue weighted by atomic mass is 9.99. The fourth-order valence-corrected chi connectivity index (χ4v) is 2.21. The highest BCUT2D eigenvalue weighted by molar-refractivity contribution is 7.71. The van der Waals surface area contributed by atoms with Gasteiger partial charge < -0.3 is 4.98 Å². The Bertz CT molecular complexity index is 667. The van der Waals surface area contributed by atoms with Crippen LogP contribution >= 0.6 is 12.2 Å². The van der Waals surface area contributed by atoms with Crippen molar-refractivity contribution < 1.29 is 0 Å². The largest absolute Gasteiger partial charge is 0.345 e. The Morgan fingerprint density at radius 2 is 2.17 bits per heavy atom. The van der Waals surface area contributed by atoms with Gasteiger partial charge in [0.1, 0.15) is 10.7 Å². The minimum absolute atomic E-state index is 0.253. The first-order valence-corrected chi connectivity index (χ1v) is 5.97. The van der Waals surface area contributed by atoms with Crippen LogP contribution in [0.3, 0.4) is 0 Å². The van der Waals surface area contributed by atoms with Gasteiger partial charge in [-0.1, -0.05) is 26.1 Å². The zero-order valence-corrected chi connectivity index (χ0v) is 11.0. The SMILES string of the molecule is CC(C)c1c(-c2cncc(C#N)c2)[nH]cnc1=S. The summed E-state index contributed by atoms with van der Waals surface area (Å²) in [7, 11) is 0. The molecule has 0 aliphatic rings. The fourth-order valence-electron chi connectivity index (χ4n) is 1.82. The van der Waals surface area contributed by atoms with Gasteiger partial charge in [-0.05, 0) is 12.0 Å². The van der Waals surface area contributed by atoms with Crippen LogP contribution < -0.4 is 0 Å². The van der Waals surface area contributed by atoms with E-state index in [1.54, 1.807) is 18.6 Å². The standard InChI is InChI=1S/C13H12N4S/c1-8(2)11-12(16-7-17-13(11)18)10-3-9(4-14)5-15-6-10/h3,5-8H,1-2H3,(H,16,17,18). The Labute approximate surface area is 110 Å². The minimum atomic E-state index is 0.253. The summed E-state index contributed by atoms with van der Waals surface area (Å²) in [5.41, 5.74) is 3.24. The van der Waals surface area contributed by atoms with E-state index < -0.39 is 0 Å². The van der Waals surface area contributed by atoms with Gasteiger partial charge in [0, 0.05) is 23.5 Å². The molecular weight excluding hydrogens is 244 g/mol. The maximum absolute atomic E-state index is 8.91. The summed E-state index contributed by atoms with van der Waals surface area (Å²) in [6, 6.07) is 3.87. The molecule has 2 rings (SSSR count). The van der Waals surface area contributed by atoms with Crippen LogP contribution in [0.1, 0.15) is 30.9 Å². The predicted molar refractivity (Wildman–Crippen MR) is 71.5 cm³/mol.